The molecule has 23 heavy (non-hydrogen) atoms. The molecular weight excluding hydrogens is 292 g/mol. The van der Waals surface area contributed by atoms with Gasteiger partial charge in [0.1, 0.15) is 6.10 Å². The van der Waals surface area contributed by atoms with E-state index in [1.54, 1.807) is 0 Å². The molecule has 2 rings (SSSR count). The van der Waals surface area contributed by atoms with E-state index < -0.39 is 6.10 Å². The smallest absolute Gasteiger partial charge is 0.249 e. The zero-order valence-electron chi connectivity index (χ0n) is 15.4. The van der Waals surface area contributed by atoms with Gasteiger partial charge in [-0.05, 0) is 66.7 Å². The molecule has 2 N–H and O–H groups in total. The first kappa shape index (κ1) is 18.7. The first-order valence-electron chi connectivity index (χ1n) is 9.00. The largest absolute Gasteiger partial charge is 0.376 e. The minimum atomic E-state index is -0.429. The Balaban J connectivity index is 1.78. The lowest BCUT2D eigenvalue weighted by atomic mass is 9.79. The Labute approximate surface area is 140 Å². The standard InChI is InChI=1S/C18H34N2O3/c1-13(23-12-15-8-6-7-9-22-15)16(21)19-14-10-17(2,3)20-18(4,5)11-14/h13-15,20H,6-12H2,1-5H3,(H,19,21). The van der Waals surface area contributed by atoms with Crippen molar-refractivity contribution < 1.29 is 14.3 Å². The van der Waals surface area contributed by atoms with Crippen LogP contribution in [0.5, 0.6) is 0 Å². The SMILES string of the molecule is CC(OCC1CCCCO1)C(=O)NC1CC(C)(C)NC(C)(C)C1. The van der Waals surface area contributed by atoms with Crippen LogP contribution in [0.2, 0.25) is 0 Å². The van der Waals surface area contributed by atoms with Gasteiger partial charge in [-0.3, -0.25) is 4.79 Å². The van der Waals surface area contributed by atoms with Crippen LogP contribution in [0.4, 0.5) is 0 Å². The molecule has 0 saturated carbocycles. The number of carbonyl (C=O) groups is 1. The van der Waals surface area contributed by atoms with E-state index in [4.69, 9.17) is 9.47 Å². The predicted octanol–water partition coefficient (Wildman–Crippen LogP) is 2.39. The third kappa shape index (κ3) is 6.05. The van der Waals surface area contributed by atoms with Gasteiger partial charge in [0.2, 0.25) is 5.91 Å². The van der Waals surface area contributed by atoms with Gasteiger partial charge in [0, 0.05) is 23.7 Å². The van der Waals surface area contributed by atoms with E-state index in [0.717, 1.165) is 32.3 Å². The highest BCUT2D eigenvalue weighted by Gasteiger charge is 2.38. The number of piperidine rings is 1. The summed E-state index contributed by atoms with van der Waals surface area (Å²) in [5.74, 6) is -0.0145. The number of ether oxygens (including phenoxy) is 2. The molecule has 0 radical (unpaired) electrons. The van der Waals surface area contributed by atoms with E-state index in [1.165, 1.54) is 6.42 Å². The molecule has 1 amide bonds. The van der Waals surface area contributed by atoms with E-state index in [1.807, 2.05) is 6.92 Å². The Kier molecular flexibility index (Phi) is 6.09. The second kappa shape index (κ2) is 7.49. The minimum Gasteiger partial charge on any atom is -0.376 e. The Hall–Kier alpha value is -0.650. The molecule has 0 aromatic rings. The van der Waals surface area contributed by atoms with Crippen molar-refractivity contribution in [3.8, 4) is 0 Å². The average Bonchev–Trinajstić information content (AvgIpc) is 2.42. The number of hydrogen-bond donors (Lipinski definition) is 2. The normalized spacial score (nSPS) is 29.0. The first-order chi connectivity index (χ1) is 10.7. The number of carbonyl (C=O) groups excluding carboxylic acids is 1. The maximum absolute atomic E-state index is 12.4. The lowest BCUT2D eigenvalue weighted by Gasteiger charge is -2.46. The van der Waals surface area contributed by atoms with Gasteiger partial charge in [0.25, 0.3) is 0 Å². The van der Waals surface area contributed by atoms with Crippen LogP contribution in [-0.4, -0.2) is 48.4 Å². The Bertz CT molecular complexity index is 387. The number of hydrogen-bond acceptors (Lipinski definition) is 4. The number of amides is 1. The summed E-state index contributed by atoms with van der Waals surface area (Å²) in [7, 11) is 0. The van der Waals surface area contributed by atoms with E-state index in [0.29, 0.717) is 6.61 Å². The van der Waals surface area contributed by atoms with Crippen LogP contribution in [0, 0.1) is 0 Å². The van der Waals surface area contributed by atoms with Gasteiger partial charge < -0.3 is 20.1 Å². The van der Waals surface area contributed by atoms with Crippen molar-refractivity contribution in [1.29, 1.82) is 0 Å². The zero-order chi connectivity index (χ0) is 17.1. The molecule has 5 nitrogen and oxygen atoms in total. The van der Waals surface area contributed by atoms with Crippen molar-refractivity contribution >= 4 is 5.91 Å². The fourth-order valence-electron chi connectivity index (χ4n) is 4.01. The van der Waals surface area contributed by atoms with Crippen molar-refractivity contribution in [3.63, 3.8) is 0 Å². The summed E-state index contributed by atoms with van der Waals surface area (Å²) in [5.41, 5.74) is 0.0550. The van der Waals surface area contributed by atoms with Crippen molar-refractivity contribution in [2.24, 2.45) is 0 Å². The van der Waals surface area contributed by atoms with Gasteiger partial charge in [-0.2, -0.15) is 0 Å². The van der Waals surface area contributed by atoms with E-state index in [-0.39, 0.29) is 29.1 Å². The van der Waals surface area contributed by atoms with Crippen LogP contribution in [0.1, 0.15) is 66.7 Å². The summed E-state index contributed by atoms with van der Waals surface area (Å²) in [5, 5.41) is 6.81. The van der Waals surface area contributed by atoms with Gasteiger partial charge >= 0.3 is 0 Å². The molecule has 2 atom stereocenters. The van der Waals surface area contributed by atoms with Gasteiger partial charge in [0.05, 0.1) is 12.7 Å². The molecule has 0 aromatic carbocycles. The van der Waals surface area contributed by atoms with Crippen LogP contribution in [0.25, 0.3) is 0 Å². The van der Waals surface area contributed by atoms with E-state index >= 15 is 0 Å². The van der Waals surface area contributed by atoms with E-state index in [9.17, 15) is 4.79 Å². The third-order valence-corrected chi connectivity index (χ3v) is 4.71. The molecule has 2 fully saturated rings. The fourth-order valence-corrected chi connectivity index (χ4v) is 4.01. The molecule has 134 valence electrons. The molecule has 2 aliphatic heterocycles. The third-order valence-electron chi connectivity index (χ3n) is 4.71. The van der Waals surface area contributed by atoms with Crippen molar-refractivity contribution in [2.45, 2.75) is 96.1 Å². The summed E-state index contributed by atoms with van der Waals surface area (Å²) >= 11 is 0. The average molecular weight is 326 g/mol. The molecule has 0 aromatic heterocycles. The zero-order valence-corrected chi connectivity index (χ0v) is 15.4. The van der Waals surface area contributed by atoms with Gasteiger partial charge in [-0.1, -0.05) is 0 Å². The molecule has 0 spiro atoms. The molecule has 0 aliphatic carbocycles. The molecule has 2 heterocycles. The fraction of sp³-hybridized carbons (Fsp3) is 0.944. The molecule has 5 heteroatoms. The molecule has 2 unspecified atom stereocenters. The van der Waals surface area contributed by atoms with Crippen molar-refractivity contribution in [2.75, 3.05) is 13.2 Å². The number of nitrogens with one attached hydrogen (secondary N) is 2. The number of rotatable bonds is 5. The van der Waals surface area contributed by atoms with Crippen LogP contribution in [-0.2, 0) is 14.3 Å². The minimum absolute atomic E-state index is 0.0145. The summed E-state index contributed by atoms with van der Waals surface area (Å²) in [4.78, 5) is 12.4. The van der Waals surface area contributed by atoms with Gasteiger partial charge in [-0.15, -0.1) is 0 Å². The summed E-state index contributed by atoms with van der Waals surface area (Å²) in [6.07, 6.45) is 4.94. The van der Waals surface area contributed by atoms with Crippen LogP contribution in [0.3, 0.4) is 0 Å². The summed E-state index contributed by atoms with van der Waals surface area (Å²) < 4.78 is 11.4. The predicted molar refractivity (Wildman–Crippen MR) is 91.5 cm³/mol. The Morgan fingerprint density at radius 3 is 2.48 bits per heavy atom. The highest BCUT2D eigenvalue weighted by Crippen LogP contribution is 2.28. The molecule has 2 aliphatic rings. The second-order valence-corrected chi connectivity index (χ2v) is 8.47. The van der Waals surface area contributed by atoms with Gasteiger partial charge in [-0.25, -0.2) is 0 Å². The monoisotopic (exact) mass is 326 g/mol. The van der Waals surface area contributed by atoms with Crippen LogP contribution >= 0.6 is 0 Å². The quantitative estimate of drug-likeness (QED) is 0.814. The lowest BCUT2D eigenvalue weighted by molar-refractivity contribution is -0.136. The Morgan fingerprint density at radius 1 is 1.26 bits per heavy atom. The molecule has 2 saturated heterocycles. The molecular formula is C18H34N2O3. The lowest BCUT2D eigenvalue weighted by Crippen LogP contribution is -2.62. The van der Waals surface area contributed by atoms with Crippen molar-refractivity contribution in [3.05, 3.63) is 0 Å². The Morgan fingerprint density at radius 2 is 1.91 bits per heavy atom. The van der Waals surface area contributed by atoms with Crippen LogP contribution in [0.15, 0.2) is 0 Å². The first-order valence-corrected chi connectivity index (χ1v) is 9.00. The van der Waals surface area contributed by atoms with E-state index in [2.05, 4.69) is 38.3 Å². The highest BCUT2D eigenvalue weighted by atomic mass is 16.5. The topological polar surface area (TPSA) is 59.6 Å². The van der Waals surface area contributed by atoms with Gasteiger partial charge in [0.15, 0.2) is 0 Å². The second-order valence-electron chi connectivity index (χ2n) is 8.47. The highest BCUT2D eigenvalue weighted by molar-refractivity contribution is 5.80. The summed E-state index contributed by atoms with van der Waals surface area (Å²) in [6.45, 7) is 11.9. The maximum Gasteiger partial charge on any atom is 0.249 e. The molecule has 0 bridgehead atoms. The maximum atomic E-state index is 12.4. The van der Waals surface area contributed by atoms with Crippen molar-refractivity contribution in [1.82, 2.24) is 10.6 Å². The van der Waals surface area contributed by atoms with Crippen LogP contribution < -0.4 is 10.6 Å². The summed E-state index contributed by atoms with van der Waals surface area (Å²) in [6, 6.07) is 0.186.